The molecule has 0 aliphatic carbocycles. The highest BCUT2D eigenvalue weighted by atomic mass is 35.5. The Labute approximate surface area is 212 Å². The average molecular weight is 491 g/mol. The lowest BCUT2D eigenvalue weighted by molar-refractivity contribution is -0.120. The van der Waals surface area contributed by atoms with Crippen LogP contribution >= 0.6 is 11.6 Å². The molecule has 1 N–H and O–H groups in total. The summed E-state index contributed by atoms with van der Waals surface area (Å²) in [5.41, 5.74) is 4.43. The molecule has 1 fully saturated rings. The molecule has 182 valence electrons. The van der Waals surface area contributed by atoms with Crippen LogP contribution in [-0.2, 0) is 16.0 Å². The number of nitrogens with zero attached hydrogens (tertiary/aromatic N) is 1. The molecule has 1 aliphatic heterocycles. The quantitative estimate of drug-likeness (QED) is 0.396. The van der Waals surface area contributed by atoms with Crippen molar-refractivity contribution in [1.82, 2.24) is 5.32 Å². The van der Waals surface area contributed by atoms with Crippen LogP contribution in [0.5, 0.6) is 0 Å². The van der Waals surface area contributed by atoms with Crippen molar-refractivity contribution < 1.29 is 14.3 Å². The minimum absolute atomic E-state index is 0.0951. The minimum Gasteiger partial charge on any atom is -0.462 e. The summed E-state index contributed by atoms with van der Waals surface area (Å²) < 4.78 is 5.04. The molecule has 6 heteroatoms. The molecule has 0 spiro atoms. The van der Waals surface area contributed by atoms with Crippen molar-refractivity contribution in [2.24, 2.45) is 0 Å². The lowest BCUT2D eigenvalue weighted by atomic mass is 9.95. The number of nitrogens with one attached hydrogen (secondary N) is 1. The van der Waals surface area contributed by atoms with Gasteiger partial charge < -0.3 is 15.0 Å². The highest BCUT2D eigenvalue weighted by molar-refractivity contribution is 6.30. The fraction of sp³-hybridized carbons (Fsp3) is 0.310. The van der Waals surface area contributed by atoms with Gasteiger partial charge >= 0.3 is 5.97 Å². The van der Waals surface area contributed by atoms with Gasteiger partial charge in [0.15, 0.2) is 0 Å². The maximum atomic E-state index is 13.2. The Kier molecular flexibility index (Phi) is 8.43. The van der Waals surface area contributed by atoms with E-state index in [4.69, 9.17) is 16.3 Å². The van der Waals surface area contributed by atoms with Crippen LogP contribution in [0.2, 0.25) is 5.02 Å². The zero-order valence-electron chi connectivity index (χ0n) is 20.0. The third-order valence-corrected chi connectivity index (χ3v) is 6.50. The van der Waals surface area contributed by atoms with Crippen LogP contribution in [-0.4, -0.2) is 31.6 Å². The van der Waals surface area contributed by atoms with E-state index in [1.807, 2.05) is 48.5 Å². The van der Waals surface area contributed by atoms with E-state index in [0.717, 1.165) is 48.3 Å². The first-order chi connectivity index (χ1) is 17.0. The molecule has 5 nitrogen and oxygen atoms in total. The van der Waals surface area contributed by atoms with Crippen molar-refractivity contribution in [3.8, 4) is 0 Å². The van der Waals surface area contributed by atoms with Gasteiger partial charge in [0.05, 0.1) is 24.6 Å². The number of anilines is 1. The first-order valence-corrected chi connectivity index (χ1v) is 12.6. The third kappa shape index (κ3) is 6.43. The van der Waals surface area contributed by atoms with Crippen molar-refractivity contribution in [2.45, 2.75) is 38.6 Å². The Hall–Kier alpha value is -3.31. The van der Waals surface area contributed by atoms with Crippen LogP contribution in [0.4, 0.5) is 5.69 Å². The largest absolute Gasteiger partial charge is 0.462 e. The summed E-state index contributed by atoms with van der Waals surface area (Å²) in [6.07, 6.45) is 3.74. The van der Waals surface area contributed by atoms with Gasteiger partial charge in [-0.15, -0.1) is 0 Å². The number of amides is 1. The zero-order valence-corrected chi connectivity index (χ0v) is 20.8. The summed E-state index contributed by atoms with van der Waals surface area (Å²) in [6, 6.07) is 22.6. The standard InChI is InChI=1S/C29H31ClN2O3/c1-2-35-29(34)23-13-11-21(12-14-23)19-27(33)31-28(22-9-5-3-6-10-22)25-16-15-24(30)20-26(25)32-17-7-4-8-18-32/h3,5-6,9-16,20,28H,2,4,7-8,17-19H2,1H3,(H,31,33). The molecular formula is C29H31ClN2O3. The Balaban J connectivity index is 1.58. The molecule has 1 saturated heterocycles. The monoisotopic (exact) mass is 490 g/mol. The zero-order chi connectivity index (χ0) is 24.6. The van der Waals surface area contributed by atoms with Crippen LogP contribution < -0.4 is 10.2 Å². The predicted octanol–water partition coefficient (Wildman–Crippen LogP) is 5.96. The van der Waals surface area contributed by atoms with E-state index in [0.29, 0.717) is 17.2 Å². The molecule has 1 amide bonds. The lowest BCUT2D eigenvalue weighted by Crippen LogP contribution is -2.34. The lowest BCUT2D eigenvalue weighted by Gasteiger charge is -2.33. The molecule has 4 rings (SSSR count). The van der Waals surface area contributed by atoms with Crippen molar-refractivity contribution in [2.75, 3.05) is 24.6 Å². The normalized spacial score (nSPS) is 14.3. The van der Waals surface area contributed by atoms with E-state index in [1.165, 1.54) is 6.42 Å². The average Bonchev–Trinajstić information content (AvgIpc) is 2.89. The van der Waals surface area contributed by atoms with Crippen molar-refractivity contribution in [3.05, 3.63) is 100 Å². The Bertz CT molecular complexity index is 1140. The van der Waals surface area contributed by atoms with E-state index in [9.17, 15) is 9.59 Å². The van der Waals surface area contributed by atoms with Crippen LogP contribution in [0, 0.1) is 0 Å². The summed E-state index contributed by atoms with van der Waals surface area (Å²) in [5, 5.41) is 3.94. The second-order valence-corrected chi connectivity index (χ2v) is 9.19. The third-order valence-electron chi connectivity index (χ3n) is 6.27. The molecule has 0 radical (unpaired) electrons. The van der Waals surface area contributed by atoms with E-state index in [-0.39, 0.29) is 24.3 Å². The number of ether oxygens (including phenoxy) is 1. The summed E-state index contributed by atoms with van der Waals surface area (Å²) >= 11 is 6.41. The van der Waals surface area contributed by atoms with Gasteiger partial charge in [0.25, 0.3) is 0 Å². The molecule has 0 bridgehead atoms. The number of esters is 1. The van der Waals surface area contributed by atoms with Crippen LogP contribution in [0.1, 0.15) is 59.3 Å². The number of benzene rings is 3. The Morgan fingerprint density at radius 1 is 0.971 bits per heavy atom. The van der Waals surface area contributed by atoms with Gasteiger partial charge in [-0.1, -0.05) is 60.1 Å². The molecule has 3 aromatic carbocycles. The van der Waals surface area contributed by atoms with Gasteiger partial charge in [-0.3, -0.25) is 4.79 Å². The highest BCUT2D eigenvalue weighted by Crippen LogP contribution is 2.34. The molecular weight excluding hydrogens is 460 g/mol. The highest BCUT2D eigenvalue weighted by Gasteiger charge is 2.24. The number of hydrogen-bond donors (Lipinski definition) is 1. The smallest absolute Gasteiger partial charge is 0.338 e. The first-order valence-electron chi connectivity index (χ1n) is 12.2. The Morgan fingerprint density at radius 2 is 1.69 bits per heavy atom. The van der Waals surface area contributed by atoms with E-state index < -0.39 is 0 Å². The maximum absolute atomic E-state index is 13.2. The summed E-state index contributed by atoms with van der Waals surface area (Å²) in [6.45, 7) is 4.07. The van der Waals surface area contributed by atoms with Crippen LogP contribution in [0.3, 0.4) is 0 Å². The number of piperidine rings is 1. The SMILES string of the molecule is CCOC(=O)c1ccc(CC(=O)NC(c2ccccc2)c2ccc(Cl)cc2N2CCCCC2)cc1. The number of rotatable bonds is 8. The van der Waals surface area contributed by atoms with Gasteiger partial charge in [-0.05, 0) is 61.6 Å². The van der Waals surface area contributed by atoms with Gasteiger partial charge in [-0.25, -0.2) is 4.79 Å². The molecule has 1 heterocycles. The van der Waals surface area contributed by atoms with Crippen molar-refractivity contribution >= 4 is 29.2 Å². The molecule has 1 aliphatic rings. The molecule has 3 aromatic rings. The molecule has 1 atom stereocenters. The summed E-state index contributed by atoms with van der Waals surface area (Å²) in [4.78, 5) is 27.5. The van der Waals surface area contributed by atoms with Crippen LogP contribution in [0.25, 0.3) is 0 Å². The van der Waals surface area contributed by atoms with Gasteiger partial charge in [0.1, 0.15) is 0 Å². The van der Waals surface area contributed by atoms with Crippen molar-refractivity contribution in [3.63, 3.8) is 0 Å². The maximum Gasteiger partial charge on any atom is 0.338 e. The topological polar surface area (TPSA) is 58.6 Å². The number of hydrogen-bond acceptors (Lipinski definition) is 4. The summed E-state index contributed by atoms with van der Waals surface area (Å²) in [5.74, 6) is -0.456. The fourth-order valence-corrected chi connectivity index (χ4v) is 4.69. The molecule has 0 saturated carbocycles. The second-order valence-electron chi connectivity index (χ2n) is 8.76. The van der Waals surface area contributed by atoms with Crippen molar-refractivity contribution in [1.29, 1.82) is 0 Å². The Morgan fingerprint density at radius 3 is 2.37 bits per heavy atom. The number of carbonyl (C=O) groups excluding carboxylic acids is 2. The van der Waals surface area contributed by atoms with Gasteiger partial charge in [0.2, 0.25) is 5.91 Å². The van der Waals surface area contributed by atoms with Crippen LogP contribution in [0.15, 0.2) is 72.8 Å². The summed E-state index contributed by atoms with van der Waals surface area (Å²) in [7, 11) is 0. The van der Waals surface area contributed by atoms with E-state index >= 15 is 0 Å². The number of halogens is 1. The minimum atomic E-state index is -0.361. The molecule has 1 unspecified atom stereocenters. The second kappa shape index (κ2) is 11.9. The van der Waals surface area contributed by atoms with Gasteiger partial charge in [-0.2, -0.15) is 0 Å². The number of carbonyl (C=O) groups is 2. The van der Waals surface area contributed by atoms with E-state index in [2.05, 4.69) is 10.2 Å². The van der Waals surface area contributed by atoms with Gasteiger partial charge in [0, 0.05) is 29.4 Å². The predicted molar refractivity (Wildman–Crippen MR) is 140 cm³/mol. The van der Waals surface area contributed by atoms with E-state index in [1.54, 1.807) is 31.2 Å². The molecule has 35 heavy (non-hydrogen) atoms. The first kappa shape index (κ1) is 24.8. The molecule has 0 aromatic heterocycles. The fourth-order valence-electron chi connectivity index (χ4n) is 4.53.